The highest BCUT2D eigenvalue weighted by Crippen LogP contribution is 2.37. The molecule has 1 aromatic heterocycles. The first-order valence-electron chi connectivity index (χ1n) is 5.20. The molecule has 82 valence electrons. The lowest BCUT2D eigenvalue weighted by Crippen LogP contribution is -2.62. The van der Waals surface area contributed by atoms with Crippen molar-refractivity contribution in [2.75, 3.05) is 0 Å². The molecule has 0 atom stereocenters. The summed E-state index contributed by atoms with van der Waals surface area (Å²) in [7, 11) is 0. The Labute approximate surface area is 93.7 Å². The highest BCUT2D eigenvalue weighted by Gasteiger charge is 2.46. The van der Waals surface area contributed by atoms with Crippen molar-refractivity contribution in [3.8, 4) is 0 Å². The van der Waals surface area contributed by atoms with Gasteiger partial charge in [0.2, 0.25) is 5.91 Å². The Balaban J connectivity index is 1.94. The molecule has 4 heteroatoms. The van der Waals surface area contributed by atoms with Gasteiger partial charge in [0.25, 0.3) is 0 Å². The summed E-state index contributed by atoms with van der Waals surface area (Å²) >= 11 is 1.70. The first-order valence-corrected chi connectivity index (χ1v) is 6.08. The van der Waals surface area contributed by atoms with Gasteiger partial charge in [0.05, 0.1) is 5.54 Å². The molecule has 0 radical (unpaired) electrons. The molecule has 0 spiro atoms. The Morgan fingerprint density at radius 2 is 2.47 bits per heavy atom. The third-order valence-corrected chi connectivity index (χ3v) is 3.92. The van der Waals surface area contributed by atoms with E-state index in [2.05, 4.69) is 18.3 Å². The Morgan fingerprint density at radius 3 is 2.93 bits per heavy atom. The van der Waals surface area contributed by atoms with Crippen LogP contribution in [-0.4, -0.2) is 11.4 Å². The molecule has 2 rings (SSSR count). The van der Waals surface area contributed by atoms with E-state index in [1.54, 1.807) is 11.3 Å². The Morgan fingerprint density at radius 1 is 1.73 bits per heavy atom. The van der Waals surface area contributed by atoms with Gasteiger partial charge in [-0.25, -0.2) is 0 Å². The molecule has 1 amide bonds. The average molecular weight is 224 g/mol. The average Bonchev–Trinajstić information content (AvgIpc) is 2.62. The van der Waals surface area contributed by atoms with Crippen molar-refractivity contribution in [3.05, 3.63) is 22.4 Å². The van der Waals surface area contributed by atoms with Gasteiger partial charge in [0, 0.05) is 11.4 Å². The molecule has 3 N–H and O–H groups in total. The van der Waals surface area contributed by atoms with Gasteiger partial charge >= 0.3 is 0 Å². The molecule has 1 fully saturated rings. The van der Waals surface area contributed by atoms with Crippen molar-refractivity contribution in [3.63, 3.8) is 0 Å². The van der Waals surface area contributed by atoms with E-state index in [9.17, 15) is 4.79 Å². The van der Waals surface area contributed by atoms with Gasteiger partial charge in [-0.3, -0.25) is 10.1 Å². The summed E-state index contributed by atoms with van der Waals surface area (Å²) in [6.45, 7) is 2.89. The minimum atomic E-state index is -0.441. The van der Waals surface area contributed by atoms with E-state index in [1.165, 1.54) is 4.88 Å². The topological polar surface area (TPSA) is 55.1 Å². The molecular formula is C11H16N2OS. The van der Waals surface area contributed by atoms with Crippen LogP contribution in [0.3, 0.4) is 0 Å². The molecule has 1 saturated carbocycles. The summed E-state index contributed by atoms with van der Waals surface area (Å²) in [5.74, 6) is 0.394. The number of nitrogens with two attached hydrogens (primary N) is 1. The quantitative estimate of drug-likeness (QED) is 0.814. The maximum atomic E-state index is 11.4. The molecular weight excluding hydrogens is 208 g/mol. The predicted octanol–water partition coefficient (Wildman–Crippen LogP) is 1.49. The number of nitrogens with one attached hydrogen (secondary N) is 1. The Kier molecular flexibility index (Phi) is 2.80. The van der Waals surface area contributed by atoms with E-state index in [0.29, 0.717) is 5.92 Å². The molecule has 15 heavy (non-hydrogen) atoms. The lowest BCUT2D eigenvalue weighted by Gasteiger charge is -2.44. The molecule has 0 aliphatic heterocycles. The van der Waals surface area contributed by atoms with Crippen molar-refractivity contribution in [2.24, 2.45) is 11.7 Å². The van der Waals surface area contributed by atoms with Gasteiger partial charge < -0.3 is 5.73 Å². The van der Waals surface area contributed by atoms with Crippen molar-refractivity contribution in [2.45, 2.75) is 31.8 Å². The molecule has 1 aliphatic carbocycles. The number of amides is 1. The molecule has 0 unspecified atom stereocenters. The highest BCUT2D eigenvalue weighted by atomic mass is 32.1. The van der Waals surface area contributed by atoms with Crippen LogP contribution in [0.1, 0.15) is 24.6 Å². The van der Waals surface area contributed by atoms with Crippen molar-refractivity contribution in [1.29, 1.82) is 0 Å². The first kappa shape index (κ1) is 10.6. The number of hydrogen-bond donors (Lipinski definition) is 2. The zero-order valence-electron chi connectivity index (χ0n) is 8.82. The number of carbonyl (C=O) groups is 1. The first-order chi connectivity index (χ1) is 7.12. The van der Waals surface area contributed by atoms with E-state index < -0.39 is 5.54 Å². The van der Waals surface area contributed by atoms with Crippen molar-refractivity contribution < 1.29 is 4.79 Å². The summed E-state index contributed by atoms with van der Waals surface area (Å²) in [4.78, 5) is 12.6. The van der Waals surface area contributed by atoms with E-state index in [0.717, 1.165) is 19.4 Å². The maximum absolute atomic E-state index is 11.4. The molecule has 0 bridgehead atoms. The van der Waals surface area contributed by atoms with E-state index in [4.69, 9.17) is 5.73 Å². The SMILES string of the molecule is CC1CC(NCc2cccs2)(C(N)=O)C1. The summed E-state index contributed by atoms with van der Waals surface area (Å²) in [5, 5.41) is 5.34. The van der Waals surface area contributed by atoms with Crippen molar-refractivity contribution >= 4 is 17.2 Å². The molecule has 3 nitrogen and oxygen atoms in total. The summed E-state index contributed by atoms with van der Waals surface area (Å²) in [6, 6.07) is 4.08. The van der Waals surface area contributed by atoms with Crippen LogP contribution in [-0.2, 0) is 11.3 Å². The van der Waals surface area contributed by atoms with Crippen LogP contribution in [0.5, 0.6) is 0 Å². The normalized spacial score (nSPS) is 29.8. The monoisotopic (exact) mass is 224 g/mol. The van der Waals surface area contributed by atoms with Crippen LogP contribution in [0.2, 0.25) is 0 Å². The standard InChI is InChI=1S/C11H16N2OS/c1-8-5-11(6-8,10(12)14)13-7-9-3-2-4-15-9/h2-4,8,13H,5-7H2,1H3,(H2,12,14). The molecule has 1 heterocycles. The van der Waals surface area contributed by atoms with Crippen LogP contribution in [0.15, 0.2) is 17.5 Å². The molecule has 0 aromatic carbocycles. The largest absolute Gasteiger partial charge is 0.368 e. The molecule has 1 aliphatic rings. The summed E-state index contributed by atoms with van der Waals surface area (Å²) < 4.78 is 0. The lowest BCUT2D eigenvalue weighted by atomic mass is 9.68. The van der Waals surface area contributed by atoms with Gasteiger partial charge in [-0.15, -0.1) is 11.3 Å². The smallest absolute Gasteiger partial charge is 0.237 e. The number of rotatable bonds is 4. The third kappa shape index (κ3) is 2.06. The second kappa shape index (κ2) is 3.94. The van der Waals surface area contributed by atoms with Crippen LogP contribution >= 0.6 is 11.3 Å². The maximum Gasteiger partial charge on any atom is 0.237 e. The highest BCUT2D eigenvalue weighted by molar-refractivity contribution is 7.09. The fraction of sp³-hybridized carbons (Fsp3) is 0.545. The third-order valence-electron chi connectivity index (χ3n) is 3.05. The van der Waals surface area contributed by atoms with Gasteiger partial charge in [0.15, 0.2) is 0 Å². The van der Waals surface area contributed by atoms with Crippen molar-refractivity contribution in [1.82, 2.24) is 5.32 Å². The van der Waals surface area contributed by atoms with E-state index in [1.807, 2.05) is 11.4 Å². The number of primary amides is 1. The summed E-state index contributed by atoms with van der Waals surface area (Å²) in [5.41, 5.74) is 5.00. The van der Waals surface area contributed by atoms with E-state index in [-0.39, 0.29) is 5.91 Å². The predicted molar refractivity (Wildman–Crippen MR) is 61.5 cm³/mol. The molecule has 1 aromatic rings. The second-order valence-corrected chi connectivity index (χ2v) is 5.42. The van der Waals surface area contributed by atoms with Crippen LogP contribution in [0.25, 0.3) is 0 Å². The van der Waals surface area contributed by atoms with Gasteiger partial charge in [-0.2, -0.15) is 0 Å². The van der Waals surface area contributed by atoms with Gasteiger partial charge in [0.1, 0.15) is 0 Å². The number of hydrogen-bond acceptors (Lipinski definition) is 3. The minimum Gasteiger partial charge on any atom is -0.368 e. The molecule has 0 saturated heterocycles. The minimum absolute atomic E-state index is 0.211. The van der Waals surface area contributed by atoms with Gasteiger partial charge in [-0.1, -0.05) is 13.0 Å². The van der Waals surface area contributed by atoms with Crippen LogP contribution < -0.4 is 11.1 Å². The van der Waals surface area contributed by atoms with E-state index >= 15 is 0 Å². The Bertz CT molecular complexity index is 341. The fourth-order valence-corrected chi connectivity index (χ4v) is 2.88. The number of carbonyl (C=O) groups excluding carboxylic acids is 1. The Hall–Kier alpha value is -0.870. The second-order valence-electron chi connectivity index (χ2n) is 4.39. The van der Waals surface area contributed by atoms with Gasteiger partial charge in [-0.05, 0) is 30.2 Å². The zero-order valence-corrected chi connectivity index (χ0v) is 9.64. The zero-order chi connectivity index (χ0) is 10.9. The summed E-state index contributed by atoms with van der Waals surface area (Å²) in [6.07, 6.45) is 1.74. The van der Waals surface area contributed by atoms with Crippen LogP contribution in [0.4, 0.5) is 0 Å². The lowest BCUT2D eigenvalue weighted by molar-refractivity contribution is -0.129. The number of thiophene rings is 1. The fourth-order valence-electron chi connectivity index (χ4n) is 2.23. The van der Waals surface area contributed by atoms with Crippen LogP contribution in [0, 0.1) is 5.92 Å².